The third kappa shape index (κ3) is 3.84. The summed E-state index contributed by atoms with van der Waals surface area (Å²) in [6.07, 6.45) is 3.29. The molecule has 1 fully saturated rings. The van der Waals surface area contributed by atoms with E-state index in [0.717, 1.165) is 0 Å². The van der Waals surface area contributed by atoms with Crippen LogP contribution < -0.4 is 0 Å². The first-order chi connectivity index (χ1) is 8.57. The Bertz CT molecular complexity index is 316. The van der Waals surface area contributed by atoms with Crippen LogP contribution in [-0.2, 0) is 14.3 Å². The summed E-state index contributed by atoms with van der Waals surface area (Å²) in [6, 6.07) is -0.205. The van der Waals surface area contributed by atoms with Crippen LogP contribution in [0.1, 0.15) is 26.2 Å². The first-order valence-electron chi connectivity index (χ1n) is 6.28. The van der Waals surface area contributed by atoms with Gasteiger partial charge in [0, 0.05) is 25.6 Å². The molecule has 1 rings (SSSR count). The van der Waals surface area contributed by atoms with Gasteiger partial charge in [0.1, 0.15) is 0 Å². The molecule has 0 bridgehead atoms. The number of carboxylic acid groups (broad SMARTS) is 1. The van der Waals surface area contributed by atoms with Gasteiger partial charge in [0.2, 0.25) is 5.91 Å². The van der Waals surface area contributed by atoms with Crippen LogP contribution in [0, 0.1) is 5.92 Å². The van der Waals surface area contributed by atoms with Crippen LogP contribution in [0.2, 0.25) is 0 Å². The van der Waals surface area contributed by atoms with Crippen molar-refractivity contribution in [3.05, 3.63) is 12.7 Å². The zero-order valence-corrected chi connectivity index (χ0v) is 10.8. The highest BCUT2D eigenvalue weighted by Crippen LogP contribution is 2.25. The lowest BCUT2D eigenvalue weighted by Crippen LogP contribution is -2.37. The van der Waals surface area contributed by atoms with Gasteiger partial charge < -0.3 is 14.7 Å². The Hall–Kier alpha value is -1.36. The van der Waals surface area contributed by atoms with Gasteiger partial charge in [0.05, 0.1) is 12.5 Å². The maximum absolute atomic E-state index is 11.9. The second-order valence-corrected chi connectivity index (χ2v) is 4.53. The van der Waals surface area contributed by atoms with Crippen LogP contribution in [0.15, 0.2) is 12.7 Å². The summed E-state index contributed by atoms with van der Waals surface area (Å²) in [5.74, 6) is -1.22. The molecular formula is C13H21NO4. The fourth-order valence-corrected chi connectivity index (χ4v) is 2.26. The van der Waals surface area contributed by atoms with Gasteiger partial charge in [-0.15, -0.1) is 6.58 Å². The molecule has 1 heterocycles. The lowest BCUT2D eigenvalue weighted by Gasteiger charge is -2.23. The van der Waals surface area contributed by atoms with Crippen molar-refractivity contribution in [2.24, 2.45) is 5.92 Å². The second kappa shape index (κ2) is 7.16. The minimum Gasteiger partial charge on any atom is -0.481 e. The highest BCUT2D eigenvalue weighted by atomic mass is 16.5. The molecule has 1 aliphatic heterocycles. The standard InChI is InChI=1S/C13H21NO4/c1-3-8-18-9-4-5-12(15)14-7-6-11(10(14)2)13(16)17/h3,10-11H,1,4-9H2,2H3,(H,16,17). The summed E-state index contributed by atoms with van der Waals surface area (Å²) < 4.78 is 5.20. The second-order valence-electron chi connectivity index (χ2n) is 4.53. The largest absolute Gasteiger partial charge is 0.481 e. The molecule has 0 aromatic carbocycles. The van der Waals surface area contributed by atoms with E-state index < -0.39 is 11.9 Å². The molecule has 0 aromatic rings. The van der Waals surface area contributed by atoms with Gasteiger partial charge in [-0.3, -0.25) is 9.59 Å². The smallest absolute Gasteiger partial charge is 0.308 e. The Kier molecular flexibility index (Phi) is 5.85. The van der Waals surface area contributed by atoms with Crippen LogP contribution in [0.3, 0.4) is 0 Å². The molecule has 0 radical (unpaired) electrons. The van der Waals surface area contributed by atoms with Crippen molar-refractivity contribution in [2.75, 3.05) is 19.8 Å². The summed E-state index contributed by atoms with van der Waals surface area (Å²) in [6.45, 7) is 6.91. The number of aliphatic carboxylic acids is 1. The maximum Gasteiger partial charge on any atom is 0.308 e. The maximum atomic E-state index is 11.9. The predicted octanol–water partition coefficient (Wildman–Crippen LogP) is 1.29. The molecule has 0 spiro atoms. The van der Waals surface area contributed by atoms with E-state index in [1.54, 1.807) is 17.9 Å². The van der Waals surface area contributed by atoms with Gasteiger partial charge in [0.25, 0.3) is 0 Å². The fraction of sp³-hybridized carbons (Fsp3) is 0.692. The molecule has 1 N–H and O–H groups in total. The predicted molar refractivity (Wildman–Crippen MR) is 67.2 cm³/mol. The number of carbonyl (C=O) groups excluding carboxylic acids is 1. The van der Waals surface area contributed by atoms with E-state index in [1.165, 1.54) is 0 Å². The minimum atomic E-state index is -0.813. The number of hydrogen-bond acceptors (Lipinski definition) is 3. The Labute approximate surface area is 107 Å². The molecule has 18 heavy (non-hydrogen) atoms. The van der Waals surface area contributed by atoms with Crippen LogP contribution in [0.25, 0.3) is 0 Å². The van der Waals surface area contributed by atoms with Crippen molar-refractivity contribution in [3.8, 4) is 0 Å². The summed E-state index contributed by atoms with van der Waals surface area (Å²) in [7, 11) is 0. The van der Waals surface area contributed by atoms with E-state index in [1.807, 2.05) is 0 Å². The minimum absolute atomic E-state index is 0.0217. The lowest BCUT2D eigenvalue weighted by atomic mass is 10.0. The summed E-state index contributed by atoms with van der Waals surface area (Å²) in [5.41, 5.74) is 0. The van der Waals surface area contributed by atoms with Gasteiger partial charge in [0.15, 0.2) is 0 Å². The van der Waals surface area contributed by atoms with Gasteiger partial charge in [-0.25, -0.2) is 0 Å². The van der Waals surface area contributed by atoms with E-state index >= 15 is 0 Å². The zero-order valence-electron chi connectivity index (χ0n) is 10.8. The highest BCUT2D eigenvalue weighted by molar-refractivity contribution is 5.79. The third-order valence-electron chi connectivity index (χ3n) is 3.31. The molecule has 1 amide bonds. The van der Waals surface area contributed by atoms with Crippen LogP contribution in [0.5, 0.6) is 0 Å². The van der Waals surface area contributed by atoms with Gasteiger partial charge in [-0.05, 0) is 19.8 Å². The average molecular weight is 255 g/mol. The monoisotopic (exact) mass is 255 g/mol. The number of rotatable bonds is 7. The van der Waals surface area contributed by atoms with Crippen LogP contribution in [-0.4, -0.2) is 47.7 Å². The number of ether oxygens (including phenoxy) is 1. The number of carbonyl (C=O) groups is 2. The number of nitrogens with zero attached hydrogens (tertiary/aromatic N) is 1. The molecule has 2 atom stereocenters. The number of amides is 1. The van der Waals surface area contributed by atoms with Gasteiger partial charge in [-0.2, -0.15) is 0 Å². The van der Waals surface area contributed by atoms with Crippen molar-refractivity contribution >= 4 is 11.9 Å². The molecule has 1 aliphatic rings. The Morgan fingerprint density at radius 3 is 2.83 bits per heavy atom. The van der Waals surface area contributed by atoms with Gasteiger partial charge >= 0.3 is 5.97 Å². The average Bonchev–Trinajstić information content (AvgIpc) is 2.70. The lowest BCUT2D eigenvalue weighted by molar-refractivity contribution is -0.143. The van der Waals surface area contributed by atoms with Gasteiger partial charge in [-0.1, -0.05) is 6.08 Å². The molecule has 0 aliphatic carbocycles. The topological polar surface area (TPSA) is 66.8 Å². The molecule has 0 saturated carbocycles. The fourth-order valence-electron chi connectivity index (χ4n) is 2.26. The summed E-state index contributed by atoms with van der Waals surface area (Å²) in [5, 5.41) is 8.99. The SMILES string of the molecule is C=CCOCCCC(=O)N1CCC(C(=O)O)C1C. The van der Waals surface area contributed by atoms with Crippen LogP contribution in [0.4, 0.5) is 0 Å². The molecule has 5 nitrogen and oxygen atoms in total. The Morgan fingerprint density at radius 2 is 2.28 bits per heavy atom. The normalized spacial score (nSPS) is 23.1. The first kappa shape index (κ1) is 14.7. The van der Waals surface area contributed by atoms with E-state index in [9.17, 15) is 9.59 Å². The number of carboxylic acids is 1. The van der Waals surface area contributed by atoms with Crippen molar-refractivity contribution in [1.29, 1.82) is 0 Å². The molecule has 5 heteroatoms. The van der Waals surface area contributed by atoms with Crippen LogP contribution >= 0.6 is 0 Å². The Balaban J connectivity index is 2.30. The number of likely N-dealkylation sites (tertiary alicyclic amines) is 1. The van der Waals surface area contributed by atoms with E-state index in [-0.39, 0.29) is 11.9 Å². The van der Waals surface area contributed by atoms with Crippen molar-refractivity contribution in [1.82, 2.24) is 4.90 Å². The van der Waals surface area contributed by atoms with E-state index in [2.05, 4.69) is 6.58 Å². The molecular weight excluding hydrogens is 234 g/mol. The van der Waals surface area contributed by atoms with Crippen molar-refractivity contribution in [3.63, 3.8) is 0 Å². The molecule has 102 valence electrons. The Morgan fingerprint density at radius 1 is 1.56 bits per heavy atom. The van der Waals surface area contributed by atoms with E-state index in [4.69, 9.17) is 9.84 Å². The summed E-state index contributed by atoms with van der Waals surface area (Å²) in [4.78, 5) is 24.5. The highest BCUT2D eigenvalue weighted by Gasteiger charge is 2.37. The third-order valence-corrected chi connectivity index (χ3v) is 3.31. The summed E-state index contributed by atoms with van der Waals surface area (Å²) >= 11 is 0. The molecule has 0 aromatic heterocycles. The molecule has 1 saturated heterocycles. The van der Waals surface area contributed by atoms with E-state index in [0.29, 0.717) is 39.0 Å². The van der Waals surface area contributed by atoms with Crippen molar-refractivity contribution in [2.45, 2.75) is 32.2 Å². The quantitative estimate of drug-likeness (QED) is 0.550. The first-order valence-corrected chi connectivity index (χ1v) is 6.28. The van der Waals surface area contributed by atoms with Crippen molar-refractivity contribution < 1.29 is 19.4 Å². The molecule has 2 unspecified atom stereocenters. The zero-order chi connectivity index (χ0) is 13.5. The number of hydrogen-bond donors (Lipinski definition) is 1.